The van der Waals surface area contributed by atoms with Gasteiger partial charge in [-0.25, -0.2) is 5.48 Å². The highest BCUT2D eigenvalue weighted by Crippen LogP contribution is 2.69. The molecule has 0 aromatic heterocycles. The lowest BCUT2D eigenvalue weighted by atomic mass is 9.41. The molecule has 174 valence electrons. The quantitative estimate of drug-likeness (QED) is 0.609. The molecule has 0 aromatic rings. The molecule has 4 fully saturated rings. The molecule has 0 radical (unpaired) electrons. The zero-order valence-electron chi connectivity index (χ0n) is 19.8. The SMILES string of the molecule is C=C1N=C([C@@H](C)[C@H]2CCC3C4C(O)[C@H](CC)[C@@H]5C[C@H](O)CC[C@]5(C)C4CC[C@@]32C)NO1. The van der Waals surface area contributed by atoms with E-state index in [-0.39, 0.29) is 23.0 Å². The molecule has 11 atom stereocenters. The van der Waals surface area contributed by atoms with Gasteiger partial charge in [-0.1, -0.05) is 34.1 Å². The third-order valence-electron chi connectivity index (χ3n) is 11.0. The van der Waals surface area contributed by atoms with E-state index in [4.69, 9.17) is 4.84 Å². The molecule has 3 N–H and O–H groups in total. The minimum absolute atomic E-state index is 0.182. The number of amidine groups is 1. The van der Waals surface area contributed by atoms with E-state index in [2.05, 4.69) is 44.7 Å². The third-order valence-corrected chi connectivity index (χ3v) is 11.0. The Morgan fingerprint density at radius 3 is 2.48 bits per heavy atom. The Morgan fingerprint density at radius 1 is 1.10 bits per heavy atom. The number of fused-ring (bicyclic) bond motifs is 5. The van der Waals surface area contributed by atoms with E-state index in [1.165, 1.54) is 25.7 Å². The number of aliphatic hydroxyl groups is 2. The highest BCUT2D eigenvalue weighted by atomic mass is 16.7. The number of hydrogen-bond donors (Lipinski definition) is 3. The molecule has 5 rings (SSSR count). The Balaban J connectivity index is 1.46. The Labute approximate surface area is 187 Å². The number of rotatable bonds is 3. The number of hydroxylamine groups is 1. The second kappa shape index (κ2) is 7.48. The van der Waals surface area contributed by atoms with E-state index < -0.39 is 0 Å². The summed E-state index contributed by atoms with van der Waals surface area (Å²) in [6.45, 7) is 13.4. The predicted octanol–water partition coefficient (Wildman–Crippen LogP) is 4.65. The molecule has 5 aliphatic rings. The van der Waals surface area contributed by atoms with Crippen molar-refractivity contribution in [1.82, 2.24) is 5.48 Å². The number of aliphatic imine (C=N–C) groups is 1. The fourth-order valence-corrected chi connectivity index (χ4v) is 9.50. The first-order chi connectivity index (χ1) is 14.7. The summed E-state index contributed by atoms with van der Waals surface area (Å²) in [6, 6.07) is 0. The van der Waals surface area contributed by atoms with Gasteiger partial charge in [0, 0.05) is 5.92 Å². The fraction of sp³-hybridized carbons (Fsp3) is 0.885. The zero-order valence-corrected chi connectivity index (χ0v) is 19.8. The van der Waals surface area contributed by atoms with Crippen molar-refractivity contribution in [3.05, 3.63) is 12.5 Å². The lowest BCUT2D eigenvalue weighted by molar-refractivity contribution is -0.202. The molecule has 0 saturated heterocycles. The van der Waals surface area contributed by atoms with Crippen LogP contribution in [-0.4, -0.2) is 28.3 Å². The van der Waals surface area contributed by atoms with Gasteiger partial charge in [-0.15, -0.1) is 0 Å². The van der Waals surface area contributed by atoms with Crippen LogP contribution < -0.4 is 5.48 Å². The number of aliphatic hydroxyl groups excluding tert-OH is 2. The average molecular weight is 431 g/mol. The molecule has 4 saturated carbocycles. The van der Waals surface area contributed by atoms with Gasteiger partial charge in [0.15, 0.2) is 0 Å². The highest BCUT2D eigenvalue weighted by molar-refractivity contribution is 5.85. The van der Waals surface area contributed by atoms with Crippen molar-refractivity contribution < 1.29 is 15.1 Å². The third kappa shape index (κ3) is 3.05. The summed E-state index contributed by atoms with van der Waals surface area (Å²) in [6.07, 6.45) is 8.37. The summed E-state index contributed by atoms with van der Waals surface area (Å²) >= 11 is 0. The van der Waals surface area contributed by atoms with Crippen LogP contribution in [0.4, 0.5) is 0 Å². The predicted molar refractivity (Wildman–Crippen MR) is 122 cm³/mol. The van der Waals surface area contributed by atoms with Crippen molar-refractivity contribution >= 4 is 5.84 Å². The van der Waals surface area contributed by atoms with Crippen molar-refractivity contribution in [3.63, 3.8) is 0 Å². The lowest BCUT2D eigenvalue weighted by Crippen LogP contribution is -2.62. The normalized spacial score (nSPS) is 52.3. The maximum Gasteiger partial charge on any atom is 0.240 e. The van der Waals surface area contributed by atoms with Crippen molar-refractivity contribution in [2.75, 3.05) is 0 Å². The second-order valence-corrected chi connectivity index (χ2v) is 12.0. The molecule has 5 heteroatoms. The molecule has 0 amide bonds. The van der Waals surface area contributed by atoms with Crippen molar-refractivity contribution in [1.29, 1.82) is 0 Å². The summed E-state index contributed by atoms with van der Waals surface area (Å²) in [7, 11) is 0. The molecule has 5 nitrogen and oxygen atoms in total. The van der Waals surface area contributed by atoms with Gasteiger partial charge in [0.1, 0.15) is 5.84 Å². The van der Waals surface area contributed by atoms with E-state index in [9.17, 15) is 10.2 Å². The van der Waals surface area contributed by atoms with Gasteiger partial charge in [0.05, 0.1) is 12.2 Å². The molecule has 0 aromatic carbocycles. The first-order valence-electron chi connectivity index (χ1n) is 12.8. The molecule has 1 heterocycles. The van der Waals surface area contributed by atoms with E-state index in [0.29, 0.717) is 47.3 Å². The molecule has 1 aliphatic heterocycles. The Bertz CT molecular complexity index is 768. The first kappa shape index (κ1) is 21.8. The van der Waals surface area contributed by atoms with Crippen molar-refractivity contribution in [2.45, 2.75) is 91.3 Å². The molecule has 31 heavy (non-hydrogen) atoms. The summed E-state index contributed by atoms with van der Waals surface area (Å²) in [5, 5.41) is 22.2. The Morgan fingerprint density at radius 2 is 1.81 bits per heavy atom. The number of hydrogen-bond acceptors (Lipinski definition) is 5. The minimum atomic E-state index is -0.234. The summed E-state index contributed by atoms with van der Waals surface area (Å²) in [5.74, 6) is 4.54. The van der Waals surface area contributed by atoms with Crippen LogP contribution in [0.25, 0.3) is 0 Å². The smallest absolute Gasteiger partial charge is 0.240 e. The minimum Gasteiger partial charge on any atom is -0.393 e. The van der Waals surface area contributed by atoms with E-state index in [1.807, 2.05) is 0 Å². The van der Waals surface area contributed by atoms with Crippen LogP contribution >= 0.6 is 0 Å². The fourth-order valence-electron chi connectivity index (χ4n) is 9.50. The monoisotopic (exact) mass is 430 g/mol. The van der Waals surface area contributed by atoms with Crippen LogP contribution in [0.3, 0.4) is 0 Å². The van der Waals surface area contributed by atoms with E-state index in [1.54, 1.807) is 0 Å². The molecule has 0 spiro atoms. The standard InChI is InChI=1S/C26H42N2O3/c1-6-17-21-13-16(29)9-11-26(21,5)20-10-12-25(4)18(7-8-19(25)22(20)23(17)30)14(2)24-27-15(3)31-28-24/h14,16-23,29-30H,3,6-13H2,1-2,4-5H3,(H,27,28)/t14-,16+,17+,18+,19?,20?,21-,22?,23?,25+,26+/m0/s1. The van der Waals surface area contributed by atoms with Gasteiger partial charge in [-0.3, -0.25) is 0 Å². The first-order valence-corrected chi connectivity index (χ1v) is 12.8. The van der Waals surface area contributed by atoms with Crippen LogP contribution in [0.1, 0.15) is 79.1 Å². The maximum absolute atomic E-state index is 11.8. The van der Waals surface area contributed by atoms with Gasteiger partial charge >= 0.3 is 0 Å². The van der Waals surface area contributed by atoms with Gasteiger partial charge in [0.25, 0.3) is 0 Å². The molecule has 0 bridgehead atoms. The van der Waals surface area contributed by atoms with Crippen molar-refractivity contribution in [2.24, 2.45) is 57.2 Å². The van der Waals surface area contributed by atoms with Crippen LogP contribution in [0.2, 0.25) is 0 Å². The van der Waals surface area contributed by atoms with Crippen LogP contribution in [0.15, 0.2) is 17.5 Å². The summed E-state index contributed by atoms with van der Waals surface area (Å²) in [4.78, 5) is 9.83. The number of nitrogens with zero attached hydrogens (tertiary/aromatic N) is 1. The van der Waals surface area contributed by atoms with Gasteiger partial charge in [-0.2, -0.15) is 4.99 Å². The van der Waals surface area contributed by atoms with Gasteiger partial charge < -0.3 is 15.1 Å². The summed E-state index contributed by atoms with van der Waals surface area (Å²) < 4.78 is 0. The molecule has 4 aliphatic carbocycles. The average Bonchev–Trinajstić information content (AvgIpc) is 3.32. The largest absolute Gasteiger partial charge is 0.393 e. The van der Waals surface area contributed by atoms with Gasteiger partial charge in [0.2, 0.25) is 5.88 Å². The summed E-state index contributed by atoms with van der Waals surface area (Å²) in [5.41, 5.74) is 3.49. The van der Waals surface area contributed by atoms with E-state index >= 15 is 0 Å². The number of nitrogens with one attached hydrogen (secondary N) is 1. The molecular weight excluding hydrogens is 388 g/mol. The van der Waals surface area contributed by atoms with Gasteiger partial charge in [-0.05, 0) is 97.9 Å². The van der Waals surface area contributed by atoms with Crippen LogP contribution in [0.5, 0.6) is 0 Å². The van der Waals surface area contributed by atoms with Crippen LogP contribution in [-0.2, 0) is 4.84 Å². The molecule has 4 unspecified atom stereocenters. The van der Waals surface area contributed by atoms with Crippen LogP contribution in [0, 0.1) is 52.3 Å². The topological polar surface area (TPSA) is 74.1 Å². The Kier molecular flexibility index (Phi) is 5.25. The molecular formula is C26H42N2O3. The Hall–Kier alpha value is -1.07. The van der Waals surface area contributed by atoms with Crippen molar-refractivity contribution in [3.8, 4) is 0 Å². The zero-order chi connectivity index (χ0) is 22.1. The maximum atomic E-state index is 11.8. The second-order valence-electron chi connectivity index (χ2n) is 12.0. The lowest BCUT2D eigenvalue weighted by Gasteiger charge is -2.64. The highest BCUT2D eigenvalue weighted by Gasteiger charge is 2.65. The van der Waals surface area contributed by atoms with E-state index in [0.717, 1.165) is 31.5 Å².